The van der Waals surface area contributed by atoms with Gasteiger partial charge in [-0.1, -0.05) is 48.5 Å². The van der Waals surface area contributed by atoms with E-state index in [2.05, 4.69) is 15.3 Å². The summed E-state index contributed by atoms with van der Waals surface area (Å²) in [5.74, 6) is 0.429. The van der Waals surface area contributed by atoms with Crippen LogP contribution in [0.15, 0.2) is 90.6 Å². The Balaban J connectivity index is 1.51. The molecule has 2 atom stereocenters. The quantitative estimate of drug-likeness (QED) is 0.450. The number of amides is 1. The largest absolute Gasteiger partial charge is 0.476 e. The lowest BCUT2D eigenvalue weighted by Gasteiger charge is -2.21. The number of para-hydroxylation sites is 1. The van der Waals surface area contributed by atoms with Gasteiger partial charge in [0.2, 0.25) is 6.10 Å². The average Bonchev–Trinajstić information content (AvgIpc) is 3.30. The predicted octanol–water partition coefficient (Wildman–Crippen LogP) is 5.20. The third-order valence-electron chi connectivity index (χ3n) is 4.55. The van der Waals surface area contributed by atoms with Crippen molar-refractivity contribution in [2.75, 3.05) is 0 Å². The van der Waals surface area contributed by atoms with Gasteiger partial charge in [-0.05, 0) is 31.2 Å². The number of nitrogens with zero attached hydrogens (tertiary/aromatic N) is 2. The number of pyridine rings is 1. The van der Waals surface area contributed by atoms with Gasteiger partial charge in [0.1, 0.15) is 10.8 Å². The first-order valence-corrected chi connectivity index (χ1v) is 10.5. The molecule has 0 bridgehead atoms. The Hall–Kier alpha value is -3.51. The van der Waals surface area contributed by atoms with E-state index in [4.69, 9.17) is 4.74 Å². The maximum Gasteiger partial charge on any atom is 0.266 e. The van der Waals surface area contributed by atoms with E-state index in [0.717, 1.165) is 21.8 Å². The molecule has 0 fully saturated rings. The summed E-state index contributed by atoms with van der Waals surface area (Å²) in [6, 6.07) is 22.4. The lowest BCUT2D eigenvalue weighted by Crippen LogP contribution is -2.34. The first-order valence-electron chi connectivity index (χ1n) is 9.63. The zero-order chi connectivity index (χ0) is 20.8. The highest BCUT2D eigenvalue weighted by atomic mass is 32.1. The summed E-state index contributed by atoms with van der Waals surface area (Å²) in [6.07, 6.45) is 2.76. The normalized spacial score (nSPS) is 12.7. The van der Waals surface area contributed by atoms with E-state index < -0.39 is 6.10 Å². The van der Waals surface area contributed by atoms with Crippen LogP contribution in [0.5, 0.6) is 5.75 Å². The van der Waals surface area contributed by atoms with Gasteiger partial charge in [-0.3, -0.25) is 9.78 Å². The van der Waals surface area contributed by atoms with Crippen LogP contribution in [0.2, 0.25) is 0 Å². The Morgan fingerprint density at radius 2 is 1.73 bits per heavy atom. The zero-order valence-electron chi connectivity index (χ0n) is 16.4. The van der Waals surface area contributed by atoms with E-state index in [1.165, 1.54) is 11.3 Å². The minimum Gasteiger partial charge on any atom is -0.476 e. The van der Waals surface area contributed by atoms with E-state index in [-0.39, 0.29) is 11.9 Å². The fraction of sp³-hybridized carbons (Fsp3) is 0.125. The molecule has 2 aromatic heterocycles. The summed E-state index contributed by atoms with van der Waals surface area (Å²) in [4.78, 5) is 22.0. The molecular weight excluding hydrogens is 394 g/mol. The van der Waals surface area contributed by atoms with Crippen LogP contribution in [0.1, 0.15) is 29.6 Å². The van der Waals surface area contributed by atoms with Gasteiger partial charge < -0.3 is 10.1 Å². The molecule has 0 aliphatic rings. The van der Waals surface area contributed by atoms with Crippen LogP contribution >= 0.6 is 11.3 Å². The minimum atomic E-state index is -0.756. The lowest BCUT2D eigenvalue weighted by molar-refractivity contribution is -0.129. The van der Waals surface area contributed by atoms with E-state index in [1.54, 1.807) is 12.4 Å². The van der Waals surface area contributed by atoms with Crippen molar-refractivity contribution in [1.82, 2.24) is 15.3 Å². The molecule has 1 amide bonds. The Bertz CT molecular complexity index is 1090. The fourth-order valence-electron chi connectivity index (χ4n) is 3.02. The second kappa shape index (κ2) is 9.33. The van der Waals surface area contributed by atoms with Gasteiger partial charge in [0.05, 0.1) is 11.7 Å². The standard InChI is InChI=1S/C24H21N3O2S/c1-17(24-27-21(16-30-24)19-11-8-14-25-15-19)26-23(28)22(18-9-4-2-5-10-18)29-20-12-6-3-7-13-20/h2-17,22H,1H3,(H,26,28). The fourth-order valence-corrected chi connectivity index (χ4v) is 3.86. The van der Waals surface area contributed by atoms with Crippen molar-refractivity contribution in [1.29, 1.82) is 0 Å². The first-order chi connectivity index (χ1) is 14.7. The van der Waals surface area contributed by atoms with E-state index >= 15 is 0 Å². The molecule has 4 aromatic rings. The molecule has 150 valence electrons. The maximum absolute atomic E-state index is 13.1. The molecule has 2 unspecified atom stereocenters. The molecule has 0 radical (unpaired) electrons. The van der Waals surface area contributed by atoms with Crippen LogP contribution in [-0.4, -0.2) is 15.9 Å². The van der Waals surface area contributed by atoms with Crippen molar-refractivity contribution >= 4 is 17.2 Å². The molecule has 0 aliphatic heterocycles. The molecular formula is C24H21N3O2S. The van der Waals surface area contributed by atoms with Crippen molar-refractivity contribution in [2.24, 2.45) is 0 Å². The van der Waals surface area contributed by atoms with Crippen LogP contribution in [0.3, 0.4) is 0 Å². The number of carbonyl (C=O) groups is 1. The molecule has 2 heterocycles. The summed E-state index contributed by atoms with van der Waals surface area (Å²) in [5, 5.41) is 5.85. The first kappa shape index (κ1) is 19.8. The number of ether oxygens (including phenoxy) is 1. The monoisotopic (exact) mass is 415 g/mol. The average molecular weight is 416 g/mol. The summed E-state index contributed by atoms with van der Waals surface area (Å²) in [7, 11) is 0. The van der Waals surface area contributed by atoms with E-state index in [9.17, 15) is 4.79 Å². The van der Waals surface area contributed by atoms with Gasteiger partial charge in [0, 0.05) is 28.9 Å². The maximum atomic E-state index is 13.1. The third-order valence-corrected chi connectivity index (χ3v) is 5.57. The van der Waals surface area contributed by atoms with E-state index in [1.807, 2.05) is 85.1 Å². The van der Waals surface area contributed by atoms with Crippen molar-refractivity contribution in [3.63, 3.8) is 0 Å². The zero-order valence-corrected chi connectivity index (χ0v) is 17.3. The van der Waals surface area contributed by atoms with Crippen molar-refractivity contribution in [3.05, 3.63) is 101 Å². The summed E-state index contributed by atoms with van der Waals surface area (Å²) in [6.45, 7) is 1.92. The number of carbonyl (C=O) groups excluding carboxylic acids is 1. The molecule has 5 nitrogen and oxygen atoms in total. The number of benzene rings is 2. The second-order valence-electron chi connectivity index (χ2n) is 6.76. The van der Waals surface area contributed by atoms with Crippen molar-refractivity contribution in [2.45, 2.75) is 19.1 Å². The van der Waals surface area contributed by atoms with Crippen LogP contribution in [0.25, 0.3) is 11.3 Å². The SMILES string of the molecule is CC(NC(=O)C(Oc1ccccc1)c1ccccc1)c1nc(-c2cccnc2)cs1. The minimum absolute atomic E-state index is 0.212. The van der Waals surface area contributed by atoms with Gasteiger partial charge >= 0.3 is 0 Å². The Morgan fingerprint density at radius 3 is 2.43 bits per heavy atom. The molecule has 2 aromatic carbocycles. The van der Waals surface area contributed by atoms with Crippen LogP contribution < -0.4 is 10.1 Å². The topological polar surface area (TPSA) is 64.1 Å². The van der Waals surface area contributed by atoms with Gasteiger partial charge in [0.15, 0.2) is 0 Å². The molecule has 6 heteroatoms. The van der Waals surface area contributed by atoms with Gasteiger partial charge in [-0.25, -0.2) is 4.98 Å². The van der Waals surface area contributed by atoms with Crippen LogP contribution in [-0.2, 0) is 4.79 Å². The number of nitrogens with one attached hydrogen (secondary N) is 1. The van der Waals surface area contributed by atoms with Crippen molar-refractivity contribution in [3.8, 4) is 17.0 Å². The number of hydrogen-bond acceptors (Lipinski definition) is 5. The summed E-state index contributed by atoms with van der Waals surface area (Å²) < 4.78 is 6.04. The number of aromatic nitrogens is 2. The highest BCUT2D eigenvalue weighted by Crippen LogP contribution is 2.27. The molecule has 0 spiro atoms. The Morgan fingerprint density at radius 1 is 1.00 bits per heavy atom. The molecule has 0 saturated carbocycles. The molecule has 4 rings (SSSR count). The second-order valence-corrected chi connectivity index (χ2v) is 7.65. The molecule has 0 aliphatic carbocycles. The van der Waals surface area contributed by atoms with Crippen LogP contribution in [0.4, 0.5) is 0 Å². The van der Waals surface area contributed by atoms with Gasteiger partial charge in [-0.15, -0.1) is 11.3 Å². The molecule has 1 N–H and O–H groups in total. The Labute approximate surface area is 179 Å². The summed E-state index contributed by atoms with van der Waals surface area (Å²) >= 11 is 1.51. The molecule has 30 heavy (non-hydrogen) atoms. The highest BCUT2D eigenvalue weighted by molar-refractivity contribution is 7.10. The highest BCUT2D eigenvalue weighted by Gasteiger charge is 2.25. The summed E-state index contributed by atoms with van der Waals surface area (Å²) in [5.41, 5.74) is 2.60. The number of rotatable bonds is 7. The van der Waals surface area contributed by atoms with Crippen LogP contribution in [0, 0.1) is 0 Å². The molecule has 0 saturated heterocycles. The lowest BCUT2D eigenvalue weighted by atomic mass is 10.1. The van der Waals surface area contributed by atoms with Gasteiger partial charge in [-0.2, -0.15) is 0 Å². The number of hydrogen-bond donors (Lipinski definition) is 1. The Kier molecular flexibility index (Phi) is 6.15. The number of thiazole rings is 1. The van der Waals surface area contributed by atoms with E-state index in [0.29, 0.717) is 5.75 Å². The van der Waals surface area contributed by atoms with Gasteiger partial charge in [0.25, 0.3) is 5.91 Å². The predicted molar refractivity (Wildman–Crippen MR) is 118 cm³/mol. The van der Waals surface area contributed by atoms with Crippen molar-refractivity contribution < 1.29 is 9.53 Å². The smallest absolute Gasteiger partial charge is 0.266 e. The third kappa shape index (κ3) is 4.72.